The number of carbonyl (C=O) groups excluding carboxylic acids is 1. The highest BCUT2D eigenvalue weighted by Gasteiger charge is 2.41. The van der Waals surface area contributed by atoms with Crippen LogP contribution in [0.25, 0.3) is 10.2 Å². The number of hydrogen-bond donors (Lipinski definition) is 4. The molecule has 0 bridgehead atoms. The molecule has 4 N–H and O–H groups in total. The summed E-state index contributed by atoms with van der Waals surface area (Å²) < 4.78 is 12.9. The van der Waals surface area contributed by atoms with Gasteiger partial charge in [0.25, 0.3) is 5.91 Å². The Kier molecular flexibility index (Phi) is 9.31. The van der Waals surface area contributed by atoms with E-state index in [2.05, 4.69) is 20.2 Å². The number of phenols is 1. The highest BCUT2D eigenvalue weighted by atomic mass is 32.1. The number of nitrogens with one attached hydrogen (secondary N) is 2. The number of benzene rings is 2. The van der Waals surface area contributed by atoms with E-state index in [0.29, 0.717) is 54.3 Å². The smallest absolute Gasteiger partial charge is 0.305 e. The number of hydrogen-bond acceptors (Lipinski definition) is 11. The maximum Gasteiger partial charge on any atom is 0.305 e. The quantitative estimate of drug-likeness (QED) is 0.206. The predicted octanol–water partition coefficient (Wildman–Crippen LogP) is 3.27. The molecule has 234 valence electrons. The van der Waals surface area contributed by atoms with E-state index in [9.17, 15) is 19.8 Å². The minimum absolute atomic E-state index is 0.00342. The van der Waals surface area contributed by atoms with Crippen LogP contribution in [0.4, 0.5) is 0 Å². The average Bonchev–Trinajstić information content (AvgIpc) is 3.64. The van der Waals surface area contributed by atoms with Crippen molar-refractivity contribution in [2.24, 2.45) is 0 Å². The van der Waals surface area contributed by atoms with Crippen LogP contribution in [0.3, 0.4) is 0 Å². The van der Waals surface area contributed by atoms with Crippen molar-refractivity contribution in [1.29, 1.82) is 0 Å². The molecular weight excluding hydrogens is 603 g/mol. The van der Waals surface area contributed by atoms with Gasteiger partial charge in [0, 0.05) is 50.2 Å². The Morgan fingerprint density at radius 1 is 1.25 bits per heavy atom. The summed E-state index contributed by atoms with van der Waals surface area (Å²) in [5, 5.41) is 26.8. The van der Waals surface area contributed by atoms with Crippen molar-refractivity contribution >= 4 is 38.8 Å². The first kappa shape index (κ1) is 30.7. The van der Waals surface area contributed by atoms with E-state index in [1.807, 2.05) is 41.5 Å². The second-order valence-corrected chi connectivity index (χ2v) is 13.4. The minimum Gasteiger partial charge on any atom is -0.506 e. The Morgan fingerprint density at radius 3 is 2.89 bits per heavy atom. The molecule has 44 heavy (non-hydrogen) atoms. The fraction of sp³-hybridized carbons (Fsp3) is 0.452. The lowest BCUT2D eigenvalue weighted by Gasteiger charge is -2.47. The summed E-state index contributed by atoms with van der Waals surface area (Å²) >= 11 is 2.48. The van der Waals surface area contributed by atoms with Gasteiger partial charge in [-0.1, -0.05) is 29.5 Å². The molecule has 1 amide bonds. The van der Waals surface area contributed by atoms with Crippen LogP contribution < -0.4 is 14.9 Å². The molecule has 0 radical (unpaired) electrons. The van der Waals surface area contributed by atoms with E-state index >= 15 is 0 Å². The van der Waals surface area contributed by atoms with E-state index in [0.717, 1.165) is 60.1 Å². The zero-order valence-corrected chi connectivity index (χ0v) is 26.2. The Balaban J connectivity index is 0.935. The summed E-state index contributed by atoms with van der Waals surface area (Å²) in [6, 6.07) is 11.0. The third-order valence-electron chi connectivity index (χ3n) is 8.33. The number of carbonyl (C=O) groups is 1. The number of aromatic nitrogens is 2. The summed E-state index contributed by atoms with van der Waals surface area (Å²) in [4.78, 5) is 35.7. The molecule has 2 saturated heterocycles. The molecule has 2 aromatic carbocycles. The lowest BCUT2D eigenvalue weighted by molar-refractivity contribution is -0.127. The molecule has 0 unspecified atom stereocenters. The van der Waals surface area contributed by atoms with E-state index < -0.39 is 6.10 Å². The van der Waals surface area contributed by atoms with E-state index in [1.165, 1.54) is 17.4 Å². The number of aryl methyl sites for hydroxylation is 1. The maximum absolute atomic E-state index is 13.0. The number of fused-ring (bicyclic) bond motifs is 1. The predicted molar refractivity (Wildman–Crippen MR) is 170 cm³/mol. The zero-order chi connectivity index (χ0) is 30.7. The van der Waals surface area contributed by atoms with Gasteiger partial charge in [-0.25, -0.2) is 4.98 Å². The molecule has 4 heterocycles. The van der Waals surface area contributed by atoms with Crippen LogP contribution in [-0.2, 0) is 11.3 Å². The lowest BCUT2D eigenvalue weighted by atomic mass is 9.89. The summed E-state index contributed by atoms with van der Waals surface area (Å²) in [5.74, 6) is 0.776. The molecule has 1 atom stereocenters. The largest absolute Gasteiger partial charge is 0.506 e. The van der Waals surface area contributed by atoms with Gasteiger partial charge in [0.05, 0.1) is 34.6 Å². The Bertz CT molecular complexity index is 1660. The number of likely N-dealkylation sites (tertiary alicyclic amines) is 1. The average molecular weight is 640 g/mol. The molecule has 0 saturated carbocycles. The number of morpholine rings is 1. The molecular formula is C31H37N5O6S2. The molecule has 6 rings (SSSR count). The number of aliphatic hydroxyl groups is 1. The minimum atomic E-state index is -0.836. The third-order valence-corrected chi connectivity index (χ3v) is 10.0. The van der Waals surface area contributed by atoms with Crippen molar-refractivity contribution in [3.63, 3.8) is 0 Å². The van der Waals surface area contributed by atoms with E-state index in [1.54, 1.807) is 6.07 Å². The monoisotopic (exact) mass is 639 g/mol. The number of amides is 1. The number of aliphatic hydroxyl groups excluding tert-OH is 1. The first-order valence-electron chi connectivity index (χ1n) is 14.8. The van der Waals surface area contributed by atoms with Crippen LogP contribution in [0.5, 0.6) is 11.5 Å². The summed E-state index contributed by atoms with van der Waals surface area (Å²) in [6.07, 6.45) is 0.911. The van der Waals surface area contributed by atoms with E-state index in [4.69, 9.17) is 9.47 Å². The Morgan fingerprint density at radius 2 is 2.09 bits per heavy atom. The molecule has 4 aromatic rings. The maximum atomic E-state index is 13.0. The normalized spacial score (nSPS) is 17.7. The van der Waals surface area contributed by atoms with Crippen LogP contribution in [0.2, 0.25) is 0 Å². The molecule has 13 heteroatoms. The van der Waals surface area contributed by atoms with Crippen LogP contribution in [-0.4, -0.2) is 94.0 Å². The number of nitrogens with zero attached hydrogens (tertiary/aromatic N) is 3. The van der Waals surface area contributed by atoms with Gasteiger partial charge in [0.15, 0.2) is 0 Å². The number of piperidine rings is 1. The van der Waals surface area contributed by atoms with Crippen LogP contribution in [0.1, 0.15) is 45.6 Å². The highest BCUT2D eigenvalue weighted by molar-refractivity contribution is 7.16. The van der Waals surface area contributed by atoms with Crippen molar-refractivity contribution in [2.45, 2.75) is 38.0 Å². The number of aromatic amines is 1. The molecule has 11 nitrogen and oxygen atoms in total. The number of ether oxygens (including phenoxy) is 2. The molecule has 1 spiro atoms. The first-order valence-corrected chi connectivity index (χ1v) is 16.5. The van der Waals surface area contributed by atoms with Gasteiger partial charge in [-0.05, 0) is 43.5 Å². The second-order valence-electron chi connectivity index (χ2n) is 11.4. The standard InChI is InChI=1S/C31H37N5O6S2/c1-20-33-24(18-43-20)29(39)36-12-14-42-31(19-36)7-9-35(10-8-31)11-13-41-22-4-2-3-21(15-22)16-32-17-26(38)23-5-6-25(37)27-28(23)44-30(40)34-27/h2-6,15,18,26,32,37-38H,7-14,16-17,19H2,1H3,(H,34,40)/t26-/m0/s1. The lowest BCUT2D eigenvalue weighted by Crippen LogP contribution is -2.58. The first-order chi connectivity index (χ1) is 21.3. The van der Waals surface area contributed by atoms with Gasteiger partial charge in [-0.2, -0.15) is 0 Å². The summed E-state index contributed by atoms with van der Waals surface area (Å²) in [6.45, 7) is 7.65. The van der Waals surface area contributed by atoms with Crippen LogP contribution in [0, 0.1) is 6.92 Å². The van der Waals surface area contributed by atoms with Crippen LogP contribution >= 0.6 is 22.7 Å². The van der Waals surface area contributed by atoms with Crippen molar-refractivity contribution in [3.8, 4) is 11.5 Å². The van der Waals surface area contributed by atoms with Gasteiger partial charge in [0.2, 0.25) is 0 Å². The summed E-state index contributed by atoms with van der Waals surface area (Å²) in [7, 11) is 0. The van der Waals surface area contributed by atoms with Crippen molar-refractivity contribution < 1.29 is 24.5 Å². The number of aromatic hydroxyl groups is 1. The molecule has 2 aliphatic heterocycles. The Hall–Kier alpha value is -3.33. The highest BCUT2D eigenvalue weighted by Crippen LogP contribution is 2.32. The number of H-pyrrole nitrogens is 1. The summed E-state index contributed by atoms with van der Waals surface area (Å²) in [5.41, 5.74) is 2.22. The van der Waals surface area contributed by atoms with Gasteiger partial charge >= 0.3 is 4.87 Å². The molecule has 2 aliphatic rings. The number of rotatable bonds is 10. The molecule has 2 aromatic heterocycles. The van der Waals surface area contributed by atoms with Crippen molar-refractivity contribution in [3.05, 3.63) is 73.3 Å². The van der Waals surface area contributed by atoms with Crippen molar-refractivity contribution in [2.75, 3.05) is 52.5 Å². The van der Waals surface area contributed by atoms with Gasteiger partial charge < -0.3 is 34.9 Å². The van der Waals surface area contributed by atoms with Crippen molar-refractivity contribution in [1.82, 2.24) is 25.1 Å². The van der Waals surface area contributed by atoms with E-state index in [-0.39, 0.29) is 28.7 Å². The van der Waals surface area contributed by atoms with Gasteiger partial charge in [-0.3, -0.25) is 14.5 Å². The third kappa shape index (κ3) is 6.98. The Labute approximate surface area is 263 Å². The van der Waals surface area contributed by atoms with Gasteiger partial charge in [0.1, 0.15) is 29.3 Å². The molecule has 2 fully saturated rings. The zero-order valence-electron chi connectivity index (χ0n) is 24.6. The number of phenolic OH excluding ortho intramolecular Hbond substituents is 1. The second kappa shape index (κ2) is 13.3. The van der Waals surface area contributed by atoms with Crippen LogP contribution in [0.15, 0.2) is 46.6 Å². The SMILES string of the molecule is Cc1nc(C(=O)N2CCOC3(CCN(CCOc4cccc(CNC[C@H](O)c5ccc(O)c6[nH]c(=O)sc56)c4)CC3)C2)cs1. The fourth-order valence-corrected chi connectivity index (χ4v) is 7.44. The molecule has 0 aliphatic carbocycles. The topological polar surface area (TPSA) is 140 Å². The fourth-order valence-electron chi connectivity index (χ4n) is 5.93. The van der Waals surface area contributed by atoms with Gasteiger partial charge in [-0.15, -0.1) is 11.3 Å². The number of thiazole rings is 2.